The summed E-state index contributed by atoms with van der Waals surface area (Å²) in [5, 5.41) is 12.8. The van der Waals surface area contributed by atoms with Crippen molar-refractivity contribution in [3.8, 4) is 11.5 Å². The Morgan fingerprint density at radius 1 is 1.04 bits per heavy atom. The summed E-state index contributed by atoms with van der Waals surface area (Å²) in [5.74, 6) is 2.56. The first-order valence-corrected chi connectivity index (χ1v) is 9.97. The zero-order valence-electron chi connectivity index (χ0n) is 14.4. The zero-order valence-corrected chi connectivity index (χ0v) is 15.2. The molecule has 3 heterocycles. The van der Waals surface area contributed by atoms with Crippen molar-refractivity contribution < 1.29 is 19.2 Å². The van der Waals surface area contributed by atoms with Crippen LogP contribution in [0.15, 0.2) is 48.5 Å². The molecule has 1 N–H and O–H groups in total. The highest BCUT2D eigenvalue weighted by molar-refractivity contribution is 8.14. The van der Waals surface area contributed by atoms with E-state index in [1.54, 1.807) is 11.8 Å². The van der Waals surface area contributed by atoms with Crippen molar-refractivity contribution in [1.82, 2.24) is 0 Å². The SMILES string of the molecule is O[C@]1(c2ccccc2)C[N+]2=C(SCC2)N1c1ccc2c(c1)OCCCO2. The Bertz CT molecular complexity index is 871. The predicted molar refractivity (Wildman–Crippen MR) is 102 cm³/mol. The summed E-state index contributed by atoms with van der Waals surface area (Å²) in [7, 11) is 0. The van der Waals surface area contributed by atoms with Gasteiger partial charge in [0.05, 0.1) is 19.8 Å². The zero-order chi connectivity index (χ0) is 17.6. The molecule has 134 valence electrons. The van der Waals surface area contributed by atoms with E-state index >= 15 is 0 Å². The predicted octanol–water partition coefficient (Wildman–Crippen LogP) is 2.63. The summed E-state index contributed by atoms with van der Waals surface area (Å²) in [4.78, 5) is 2.05. The van der Waals surface area contributed by atoms with Crippen molar-refractivity contribution in [3.63, 3.8) is 0 Å². The van der Waals surface area contributed by atoms with Gasteiger partial charge in [-0.3, -0.25) is 0 Å². The fourth-order valence-corrected chi connectivity index (χ4v) is 5.04. The van der Waals surface area contributed by atoms with E-state index in [0.717, 1.165) is 46.6 Å². The largest absolute Gasteiger partial charge is 0.490 e. The molecule has 26 heavy (non-hydrogen) atoms. The number of benzene rings is 2. The van der Waals surface area contributed by atoms with Crippen LogP contribution >= 0.6 is 11.8 Å². The molecule has 0 radical (unpaired) electrons. The lowest BCUT2D eigenvalue weighted by molar-refractivity contribution is -0.524. The summed E-state index contributed by atoms with van der Waals surface area (Å²) < 4.78 is 13.9. The molecule has 3 aliphatic heterocycles. The van der Waals surface area contributed by atoms with Crippen LogP contribution < -0.4 is 14.4 Å². The van der Waals surface area contributed by atoms with E-state index in [1.165, 1.54) is 0 Å². The second kappa shape index (κ2) is 6.21. The van der Waals surface area contributed by atoms with Crippen molar-refractivity contribution in [2.75, 3.05) is 37.0 Å². The molecule has 0 aliphatic carbocycles. The first-order chi connectivity index (χ1) is 12.8. The Morgan fingerprint density at radius 2 is 1.85 bits per heavy atom. The number of amidine groups is 1. The monoisotopic (exact) mass is 369 g/mol. The molecule has 2 aromatic carbocycles. The van der Waals surface area contributed by atoms with Crippen molar-refractivity contribution in [1.29, 1.82) is 0 Å². The molecule has 0 bridgehead atoms. The van der Waals surface area contributed by atoms with Gasteiger partial charge in [-0.05, 0) is 23.9 Å². The van der Waals surface area contributed by atoms with Crippen LogP contribution in [0.2, 0.25) is 0 Å². The molecule has 2 aromatic rings. The maximum absolute atomic E-state index is 11.7. The molecule has 0 fully saturated rings. The second-order valence-electron chi connectivity index (χ2n) is 6.75. The summed E-state index contributed by atoms with van der Waals surface area (Å²) in [6.45, 7) is 2.84. The van der Waals surface area contributed by atoms with Gasteiger partial charge in [-0.25, -0.2) is 4.58 Å². The van der Waals surface area contributed by atoms with Crippen molar-refractivity contribution in [2.45, 2.75) is 12.1 Å². The number of ether oxygens (including phenoxy) is 2. The highest BCUT2D eigenvalue weighted by Gasteiger charge is 2.56. The first kappa shape index (κ1) is 16.0. The molecule has 5 nitrogen and oxygen atoms in total. The van der Waals surface area contributed by atoms with Crippen LogP contribution in [-0.2, 0) is 5.72 Å². The van der Waals surface area contributed by atoms with Gasteiger partial charge in [-0.2, -0.15) is 4.90 Å². The minimum Gasteiger partial charge on any atom is -0.490 e. The number of aliphatic hydroxyl groups is 1. The van der Waals surface area contributed by atoms with Crippen molar-refractivity contribution in [2.24, 2.45) is 0 Å². The highest BCUT2D eigenvalue weighted by atomic mass is 32.2. The average Bonchev–Trinajstić information content (AvgIpc) is 3.12. The van der Waals surface area contributed by atoms with E-state index in [9.17, 15) is 5.11 Å². The Kier molecular flexibility index (Phi) is 3.83. The number of rotatable bonds is 2. The Labute approximate surface area is 156 Å². The van der Waals surface area contributed by atoms with Crippen LogP contribution in [0, 0.1) is 0 Å². The van der Waals surface area contributed by atoms with E-state index in [4.69, 9.17) is 9.47 Å². The van der Waals surface area contributed by atoms with Crippen LogP contribution in [0.5, 0.6) is 11.5 Å². The Hall–Kier alpha value is -2.18. The minimum atomic E-state index is -1.09. The molecule has 0 spiro atoms. The van der Waals surface area contributed by atoms with Crippen LogP contribution in [0.1, 0.15) is 12.0 Å². The smallest absolute Gasteiger partial charge is 0.316 e. The third kappa shape index (κ3) is 2.47. The van der Waals surface area contributed by atoms with Gasteiger partial charge in [-0.1, -0.05) is 30.3 Å². The molecule has 0 saturated heterocycles. The lowest BCUT2D eigenvalue weighted by Gasteiger charge is -2.29. The van der Waals surface area contributed by atoms with Gasteiger partial charge in [0.2, 0.25) is 0 Å². The van der Waals surface area contributed by atoms with Crippen LogP contribution in [0.25, 0.3) is 0 Å². The number of fused-ring (bicyclic) bond motifs is 1. The maximum Gasteiger partial charge on any atom is 0.316 e. The molecule has 1 atom stereocenters. The Morgan fingerprint density at radius 3 is 2.69 bits per heavy atom. The van der Waals surface area contributed by atoms with Gasteiger partial charge in [0.15, 0.2) is 18.0 Å². The lowest BCUT2D eigenvalue weighted by Crippen LogP contribution is -2.47. The standard InChI is InChI=1S/C20H21N2O3S/c23-20(15-5-2-1-3-6-15)14-21-9-12-26-19(21)22(20)16-7-8-17-18(13-16)25-11-4-10-24-17/h1-3,5-8,13,23H,4,9-12,14H2/q+1/t20-/m0/s1. The molecule has 0 saturated carbocycles. The van der Waals surface area contributed by atoms with Crippen LogP contribution in [-0.4, -0.2) is 46.9 Å². The van der Waals surface area contributed by atoms with Crippen molar-refractivity contribution >= 4 is 22.6 Å². The molecule has 5 rings (SSSR count). The van der Waals surface area contributed by atoms with Gasteiger partial charge in [0.1, 0.15) is 5.69 Å². The van der Waals surface area contributed by atoms with Crippen LogP contribution in [0.4, 0.5) is 5.69 Å². The number of hydrogen-bond donors (Lipinski definition) is 1. The third-order valence-electron chi connectivity index (χ3n) is 5.06. The molecule has 0 unspecified atom stereocenters. The summed E-state index contributed by atoms with van der Waals surface area (Å²) in [5.41, 5.74) is 0.728. The van der Waals surface area contributed by atoms with Gasteiger partial charge < -0.3 is 14.6 Å². The second-order valence-corrected chi connectivity index (χ2v) is 7.81. The van der Waals surface area contributed by atoms with E-state index in [2.05, 4.69) is 9.48 Å². The molecule has 3 aliphatic rings. The topological polar surface area (TPSA) is 44.9 Å². The van der Waals surface area contributed by atoms with Gasteiger partial charge in [0, 0.05) is 23.8 Å². The number of anilines is 1. The first-order valence-electron chi connectivity index (χ1n) is 8.98. The van der Waals surface area contributed by atoms with E-state index in [1.807, 2.05) is 48.5 Å². The van der Waals surface area contributed by atoms with Gasteiger partial charge in [0.25, 0.3) is 5.72 Å². The van der Waals surface area contributed by atoms with E-state index in [0.29, 0.717) is 19.8 Å². The number of hydrogen-bond acceptors (Lipinski definition) is 5. The molecule has 6 heteroatoms. The quantitative estimate of drug-likeness (QED) is 0.825. The summed E-state index contributed by atoms with van der Waals surface area (Å²) >= 11 is 1.79. The van der Waals surface area contributed by atoms with Gasteiger partial charge in [-0.15, -0.1) is 0 Å². The fourth-order valence-electron chi connectivity index (χ4n) is 3.82. The highest BCUT2D eigenvalue weighted by Crippen LogP contribution is 2.43. The normalized spacial score (nSPS) is 24.6. The average molecular weight is 369 g/mol. The molecular formula is C20H21N2O3S+. The minimum absolute atomic E-state index is 0.563. The Balaban J connectivity index is 1.61. The lowest BCUT2D eigenvalue weighted by atomic mass is 10.0. The van der Waals surface area contributed by atoms with E-state index < -0.39 is 5.72 Å². The third-order valence-corrected chi connectivity index (χ3v) is 6.15. The molecule has 0 amide bonds. The summed E-state index contributed by atoms with van der Waals surface area (Å²) in [6.07, 6.45) is 0.878. The maximum atomic E-state index is 11.7. The van der Waals surface area contributed by atoms with Crippen LogP contribution in [0.3, 0.4) is 0 Å². The number of thioether (sulfide) groups is 1. The summed E-state index contributed by atoms with van der Waals surface area (Å²) in [6, 6.07) is 15.8. The van der Waals surface area contributed by atoms with Crippen molar-refractivity contribution in [3.05, 3.63) is 54.1 Å². The molecule has 0 aromatic heterocycles. The van der Waals surface area contributed by atoms with Gasteiger partial charge >= 0.3 is 5.17 Å². The molecular weight excluding hydrogens is 348 g/mol. The fraction of sp³-hybridized carbons (Fsp3) is 0.350. The number of nitrogens with zero attached hydrogens (tertiary/aromatic N) is 2. The van der Waals surface area contributed by atoms with E-state index in [-0.39, 0.29) is 0 Å².